The zero-order valence-electron chi connectivity index (χ0n) is 20.9. The Morgan fingerprint density at radius 3 is 2.92 bits per heavy atom. The van der Waals surface area contributed by atoms with Gasteiger partial charge < -0.3 is 24.8 Å². The zero-order chi connectivity index (χ0) is 27.1. The molecule has 1 unspecified atom stereocenters. The number of anilines is 3. The quantitative estimate of drug-likeness (QED) is 0.223. The maximum Gasteiger partial charge on any atom is 0.323 e. The van der Waals surface area contributed by atoms with Crippen molar-refractivity contribution in [3.8, 4) is 5.75 Å². The van der Waals surface area contributed by atoms with Gasteiger partial charge in [0.1, 0.15) is 43.0 Å². The number of hydrogen-bond donors (Lipinski definition) is 2. The number of carbonyl (C=O) groups is 2. The summed E-state index contributed by atoms with van der Waals surface area (Å²) in [4.78, 5) is 35.1. The molecule has 2 N–H and O–H groups in total. The van der Waals surface area contributed by atoms with Crippen LogP contribution in [0.1, 0.15) is 6.92 Å². The Morgan fingerprint density at radius 2 is 2.13 bits per heavy atom. The maximum atomic E-state index is 13.6. The number of aromatic nitrogens is 2. The summed E-state index contributed by atoms with van der Waals surface area (Å²) < 4.78 is 29.5. The second kappa shape index (κ2) is 12.6. The van der Waals surface area contributed by atoms with Crippen LogP contribution in [-0.2, 0) is 19.1 Å². The van der Waals surface area contributed by atoms with Crippen molar-refractivity contribution in [3.63, 3.8) is 0 Å². The van der Waals surface area contributed by atoms with Gasteiger partial charge in [0.15, 0.2) is 0 Å². The highest BCUT2D eigenvalue weighted by Gasteiger charge is 2.26. The second-order valence-corrected chi connectivity index (χ2v) is 8.82. The Hall–Kier alpha value is -3.80. The summed E-state index contributed by atoms with van der Waals surface area (Å²) in [6.07, 6.45) is 4.47. The predicted molar refractivity (Wildman–Crippen MR) is 141 cm³/mol. The van der Waals surface area contributed by atoms with Crippen LogP contribution in [0.15, 0.2) is 48.8 Å². The fourth-order valence-corrected chi connectivity index (χ4v) is 3.97. The first kappa shape index (κ1) is 27.2. The van der Waals surface area contributed by atoms with E-state index in [1.54, 1.807) is 32.2 Å². The van der Waals surface area contributed by atoms with Crippen LogP contribution >= 0.6 is 11.6 Å². The summed E-state index contributed by atoms with van der Waals surface area (Å²) in [7, 11) is 1.56. The van der Waals surface area contributed by atoms with Crippen molar-refractivity contribution in [1.82, 2.24) is 14.9 Å². The molecule has 0 radical (unpaired) electrons. The largest absolute Gasteiger partial charge is 0.489 e. The minimum absolute atomic E-state index is 0.0298. The molecule has 2 aromatic carbocycles. The predicted octanol–water partition coefficient (Wildman–Crippen LogP) is 3.93. The van der Waals surface area contributed by atoms with Gasteiger partial charge in [-0.15, -0.1) is 0 Å². The molecular formula is C26H27ClFN5O5. The normalized spacial score (nSPS) is 16.0. The average Bonchev–Trinajstić information content (AvgIpc) is 2.89. The molecule has 10 nitrogen and oxygen atoms in total. The number of amides is 1. The number of cyclic esters (lactones) is 1. The monoisotopic (exact) mass is 543 g/mol. The third-order valence-corrected chi connectivity index (χ3v) is 6.13. The van der Waals surface area contributed by atoms with E-state index in [2.05, 4.69) is 20.6 Å². The minimum atomic E-state index is -0.532. The Kier molecular flexibility index (Phi) is 9.06. The van der Waals surface area contributed by atoms with Crippen LogP contribution in [0.3, 0.4) is 0 Å². The first-order chi connectivity index (χ1) is 18.4. The zero-order valence-corrected chi connectivity index (χ0v) is 21.6. The van der Waals surface area contributed by atoms with Crippen LogP contribution in [0.5, 0.6) is 5.75 Å². The van der Waals surface area contributed by atoms with Crippen molar-refractivity contribution in [2.45, 2.75) is 13.0 Å². The Labute approximate surface area is 223 Å². The molecule has 1 fully saturated rings. The van der Waals surface area contributed by atoms with E-state index in [4.69, 9.17) is 25.8 Å². The van der Waals surface area contributed by atoms with E-state index in [1.165, 1.54) is 30.6 Å². The molecule has 1 atom stereocenters. The summed E-state index contributed by atoms with van der Waals surface area (Å²) >= 11 is 5.91. The first-order valence-corrected chi connectivity index (χ1v) is 12.2. The average molecular weight is 544 g/mol. The van der Waals surface area contributed by atoms with E-state index in [-0.39, 0.29) is 29.5 Å². The summed E-state index contributed by atoms with van der Waals surface area (Å²) in [6, 6.07) is 7.24. The number of carbonyl (C=O) groups excluding carboxylic acids is 2. The summed E-state index contributed by atoms with van der Waals surface area (Å²) in [5.41, 5.74) is 1.48. The maximum absolute atomic E-state index is 13.6. The van der Waals surface area contributed by atoms with Gasteiger partial charge in [0.25, 0.3) is 0 Å². The molecular weight excluding hydrogens is 517 g/mol. The number of nitrogens with zero attached hydrogens (tertiary/aromatic N) is 3. The number of benzene rings is 2. The van der Waals surface area contributed by atoms with E-state index >= 15 is 0 Å². The molecule has 0 aliphatic carbocycles. The summed E-state index contributed by atoms with van der Waals surface area (Å²) in [5.74, 6) is -0.367. The number of ether oxygens (including phenoxy) is 3. The molecule has 1 saturated heterocycles. The highest BCUT2D eigenvalue weighted by Crippen LogP contribution is 2.34. The lowest BCUT2D eigenvalue weighted by atomic mass is 10.1. The van der Waals surface area contributed by atoms with Gasteiger partial charge in [-0.2, -0.15) is 0 Å². The minimum Gasteiger partial charge on any atom is -0.489 e. The first-order valence-electron chi connectivity index (χ1n) is 11.9. The van der Waals surface area contributed by atoms with Gasteiger partial charge in [-0.25, -0.2) is 14.4 Å². The second-order valence-electron chi connectivity index (χ2n) is 8.41. The number of halogens is 2. The topological polar surface area (TPSA) is 115 Å². The number of nitrogens with one attached hydrogen (secondary N) is 2. The molecule has 200 valence electrons. The molecule has 1 amide bonds. The molecule has 1 aromatic heterocycles. The van der Waals surface area contributed by atoms with Crippen molar-refractivity contribution < 1.29 is 28.2 Å². The van der Waals surface area contributed by atoms with Crippen LogP contribution in [0, 0.1) is 5.82 Å². The van der Waals surface area contributed by atoms with E-state index in [0.717, 1.165) is 0 Å². The molecule has 0 spiro atoms. The molecule has 1 aliphatic heterocycles. The van der Waals surface area contributed by atoms with Crippen molar-refractivity contribution in [2.24, 2.45) is 0 Å². The van der Waals surface area contributed by atoms with Gasteiger partial charge >= 0.3 is 5.97 Å². The molecule has 38 heavy (non-hydrogen) atoms. The van der Waals surface area contributed by atoms with Crippen LogP contribution in [0.25, 0.3) is 10.9 Å². The number of esters is 1. The van der Waals surface area contributed by atoms with Crippen molar-refractivity contribution in [3.05, 3.63) is 59.7 Å². The van der Waals surface area contributed by atoms with E-state index in [0.29, 0.717) is 60.1 Å². The van der Waals surface area contributed by atoms with Crippen molar-refractivity contribution in [1.29, 1.82) is 0 Å². The fraction of sp³-hybridized carbons (Fsp3) is 0.308. The van der Waals surface area contributed by atoms with E-state index in [9.17, 15) is 14.0 Å². The van der Waals surface area contributed by atoms with Crippen LogP contribution in [0.4, 0.5) is 21.6 Å². The molecule has 0 bridgehead atoms. The molecule has 0 saturated carbocycles. The van der Waals surface area contributed by atoms with Gasteiger partial charge in [0, 0.05) is 43.4 Å². The number of hydrogen-bond acceptors (Lipinski definition) is 9. The highest BCUT2D eigenvalue weighted by atomic mass is 35.5. The van der Waals surface area contributed by atoms with Gasteiger partial charge in [-0.05, 0) is 31.2 Å². The van der Waals surface area contributed by atoms with Gasteiger partial charge in [0.05, 0.1) is 22.8 Å². The van der Waals surface area contributed by atoms with Crippen LogP contribution in [0.2, 0.25) is 5.02 Å². The summed E-state index contributed by atoms with van der Waals surface area (Å²) in [5, 5.41) is 6.51. The lowest BCUT2D eigenvalue weighted by molar-refractivity contribution is -0.155. The lowest BCUT2D eigenvalue weighted by Gasteiger charge is -2.30. The van der Waals surface area contributed by atoms with E-state index < -0.39 is 5.82 Å². The third kappa shape index (κ3) is 6.74. The van der Waals surface area contributed by atoms with Gasteiger partial charge in [-0.3, -0.25) is 14.5 Å². The fourth-order valence-electron chi connectivity index (χ4n) is 3.79. The Morgan fingerprint density at radius 1 is 1.29 bits per heavy atom. The SMILES string of the molecule is COCCOc1cc2ncnc(Nc3ccc(F)c(Cl)c3)c2cc1NC(=O)C=CCN1CCOC(=O)C1C. The van der Waals surface area contributed by atoms with Gasteiger partial charge in [0.2, 0.25) is 5.91 Å². The Bertz CT molecular complexity index is 1360. The number of morpholine rings is 1. The number of fused-ring (bicyclic) bond motifs is 1. The Balaban J connectivity index is 1.57. The number of methoxy groups -OCH3 is 1. The summed E-state index contributed by atoms with van der Waals surface area (Å²) in [6.45, 7) is 3.71. The highest BCUT2D eigenvalue weighted by molar-refractivity contribution is 6.31. The molecule has 2 heterocycles. The number of rotatable bonds is 10. The lowest BCUT2D eigenvalue weighted by Crippen LogP contribution is -2.47. The third-order valence-electron chi connectivity index (χ3n) is 5.84. The molecule has 12 heteroatoms. The van der Waals surface area contributed by atoms with Crippen LogP contribution in [-0.4, -0.2) is 72.8 Å². The smallest absolute Gasteiger partial charge is 0.323 e. The van der Waals surface area contributed by atoms with E-state index in [1.807, 2.05) is 4.90 Å². The molecule has 4 rings (SSSR count). The molecule has 1 aliphatic rings. The van der Waals surface area contributed by atoms with Crippen molar-refractivity contribution in [2.75, 3.05) is 50.7 Å². The van der Waals surface area contributed by atoms with Gasteiger partial charge in [-0.1, -0.05) is 17.7 Å². The standard InChI is InChI=1S/C26H27ClFN5O5/c1-16-26(35)38-9-8-33(16)7-3-4-24(34)32-22-13-18-21(14-23(22)37-11-10-36-2)29-15-30-25(18)31-17-5-6-20(28)19(27)12-17/h3-6,12-16H,7-11H2,1-2H3,(H,32,34)(H,29,30,31). The van der Waals surface area contributed by atoms with Crippen LogP contribution < -0.4 is 15.4 Å². The molecule has 3 aromatic rings. The van der Waals surface area contributed by atoms with Crippen molar-refractivity contribution >= 4 is 51.6 Å².